The van der Waals surface area contributed by atoms with Crippen molar-refractivity contribution in [2.24, 2.45) is 0 Å². The Morgan fingerprint density at radius 3 is 2.27 bits per heavy atom. The molecule has 2 heterocycles. The number of carbonyl (C=O) groups excluding carboxylic acids is 3. The van der Waals surface area contributed by atoms with E-state index in [2.05, 4.69) is 0 Å². The number of anilines is 1. The molecule has 174 valence electrons. The maximum absolute atomic E-state index is 13.3. The fourth-order valence-corrected chi connectivity index (χ4v) is 5.77. The summed E-state index contributed by atoms with van der Waals surface area (Å²) >= 11 is 0. The normalized spacial score (nSPS) is 17.2. The van der Waals surface area contributed by atoms with Gasteiger partial charge >= 0.3 is 6.09 Å². The molecule has 0 aromatic heterocycles. The summed E-state index contributed by atoms with van der Waals surface area (Å²) in [6, 6.07) is 10.5. The summed E-state index contributed by atoms with van der Waals surface area (Å²) in [5.41, 5.74) is 0.582. The molecule has 0 N–H and O–H groups in total. The van der Waals surface area contributed by atoms with E-state index in [1.807, 2.05) is 0 Å². The van der Waals surface area contributed by atoms with Gasteiger partial charge in [0.25, 0.3) is 11.8 Å². The summed E-state index contributed by atoms with van der Waals surface area (Å²) < 4.78 is 31.7. The Balaban J connectivity index is 1.66. The van der Waals surface area contributed by atoms with Crippen LogP contribution in [0.3, 0.4) is 0 Å². The van der Waals surface area contributed by atoms with Crippen LogP contribution in [0.4, 0.5) is 10.5 Å². The topological polar surface area (TPSA) is 104 Å². The summed E-state index contributed by atoms with van der Waals surface area (Å²) in [5, 5.41) is 0. The lowest BCUT2D eigenvalue weighted by Crippen LogP contribution is -2.50. The second-order valence-corrected chi connectivity index (χ2v) is 9.60. The van der Waals surface area contributed by atoms with Crippen molar-refractivity contribution in [3.8, 4) is 0 Å². The number of hydrogen-bond donors (Lipinski definition) is 0. The number of hydrogen-bond acceptors (Lipinski definition) is 6. The molecule has 0 aliphatic carbocycles. The van der Waals surface area contributed by atoms with Crippen molar-refractivity contribution in [2.45, 2.75) is 23.6 Å². The maximum Gasteiger partial charge on any atom is 0.409 e. The van der Waals surface area contributed by atoms with Gasteiger partial charge < -0.3 is 19.4 Å². The highest BCUT2D eigenvalue weighted by Gasteiger charge is 2.36. The minimum atomic E-state index is -3.95. The van der Waals surface area contributed by atoms with Crippen LogP contribution in [0.5, 0.6) is 0 Å². The Bertz CT molecular complexity index is 1220. The van der Waals surface area contributed by atoms with Crippen LogP contribution in [0.25, 0.3) is 0 Å². The van der Waals surface area contributed by atoms with Crippen LogP contribution in [-0.4, -0.2) is 75.5 Å². The monoisotopic (exact) mass is 471 g/mol. The SMILES string of the molecule is CCOC(=O)N1CCN(C(=O)c2ccc3c(c2)N(CC)C(=O)c2ccccc2S3(=O)=O)CC1. The first-order valence-electron chi connectivity index (χ1n) is 10.8. The predicted octanol–water partition coefficient (Wildman–Crippen LogP) is 2.41. The molecule has 2 aliphatic rings. The molecule has 0 unspecified atom stereocenters. The molecule has 10 heteroatoms. The minimum absolute atomic E-state index is 0.00803. The van der Waals surface area contributed by atoms with E-state index in [1.54, 1.807) is 35.8 Å². The fraction of sp³-hybridized carbons (Fsp3) is 0.348. The van der Waals surface area contributed by atoms with E-state index in [4.69, 9.17) is 4.74 Å². The Morgan fingerprint density at radius 1 is 0.939 bits per heavy atom. The van der Waals surface area contributed by atoms with Gasteiger partial charge in [-0.15, -0.1) is 0 Å². The van der Waals surface area contributed by atoms with Crippen molar-refractivity contribution in [1.29, 1.82) is 0 Å². The van der Waals surface area contributed by atoms with Crippen LogP contribution in [-0.2, 0) is 14.6 Å². The molecule has 2 aromatic carbocycles. The molecule has 33 heavy (non-hydrogen) atoms. The van der Waals surface area contributed by atoms with Crippen molar-refractivity contribution < 1.29 is 27.5 Å². The molecule has 4 rings (SSSR count). The van der Waals surface area contributed by atoms with Crippen LogP contribution in [0, 0.1) is 0 Å². The smallest absolute Gasteiger partial charge is 0.409 e. The maximum atomic E-state index is 13.3. The van der Waals surface area contributed by atoms with E-state index >= 15 is 0 Å². The third-order valence-corrected chi connectivity index (χ3v) is 7.71. The Kier molecular flexibility index (Phi) is 6.11. The number of sulfone groups is 1. The molecular formula is C23H25N3O6S. The lowest BCUT2D eigenvalue weighted by molar-refractivity contribution is 0.0570. The molecular weight excluding hydrogens is 446 g/mol. The van der Waals surface area contributed by atoms with Crippen molar-refractivity contribution in [1.82, 2.24) is 9.80 Å². The second kappa shape index (κ2) is 8.86. The zero-order valence-electron chi connectivity index (χ0n) is 18.5. The van der Waals surface area contributed by atoms with Crippen molar-refractivity contribution in [3.05, 3.63) is 53.6 Å². The summed E-state index contributed by atoms with van der Waals surface area (Å²) in [7, 11) is -3.95. The van der Waals surface area contributed by atoms with E-state index in [0.29, 0.717) is 26.2 Å². The summed E-state index contributed by atoms with van der Waals surface area (Å²) in [6.45, 7) is 5.36. The Hall–Kier alpha value is -3.40. The van der Waals surface area contributed by atoms with E-state index in [0.717, 1.165) is 0 Å². The van der Waals surface area contributed by atoms with Gasteiger partial charge in [0.2, 0.25) is 9.84 Å². The summed E-state index contributed by atoms with van der Waals surface area (Å²) in [4.78, 5) is 42.7. The van der Waals surface area contributed by atoms with E-state index in [-0.39, 0.29) is 45.7 Å². The molecule has 9 nitrogen and oxygen atoms in total. The minimum Gasteiger partial charge on any atom is -0.450 e. The molecule has 0 atom stereocenters. The van der Waals surface area contributed by atoms with Gasteiger partial charge in [0.1, 0.15) is 0 Å². The number of piperazine rings is 1. The molecule has 0 spiro atoms. The van der Waals surface area contributed by atoms with Gasteiger partial charge in [-0.2, -0.15) is 0 Å². The van der Waals surface area contributed by atoms with E-state index in [1.165, 1.54) is 35.2 Å². The van der Waals surface area contributed by atoms with Crippen molar-refractivity contribution in [3.63, 3.8) is 0 Å². The van der Waals surface area contributed by atoms with Gasteiger partial charge in [0, 0.05) is 38.3 Å². The number of fused-ring (bicyclic) bond motifs is 2. The first-order valence-corrected chi connectivity index (χ1v) is 12.3. The molecule has 3 amide bonds. The van der Waals surface area contributed by atoms with Gasteiger partial charge in [-0.3, -0.25) is 9.59 Å². The third kappa shape index (κ3) is 3.95. The van der Waals surface area contributed by atoms with Crippen LogP contribution in [0.2, 0.25) is 0 Å². The third-order valence-electron chi connectivity index (χ3n) is 5.85. The van der Waals surface area contributed by atoms with Gasteiger partial charge in [-0.05, 0) is 44.2 Å². The van der Waals surface area contributed by atoms with Crippen LogP contribution in [0.1, 0.15) is 34.6 Å². The van der Waals surface area contributed by atoms with Crippen molar-refractivity contribution >= 4 is 33.4 Å². The van der Waals surface area contributed by atoms with Gasteiger partial charge in [0.15, 0.2) is 0 Å². The van der Waals surface area contributed by atoms with Crippen LogP contribution in [0.15, 0.2) is 52.3 Å². The quantitative estimate of drug-likeness (QED) is 0.681. The Labute approximate surface area is 192 Å². The molecule has 2 aliphatic heterocycles. The molecule has 1 saturated heterocycles. The number of amides is 3. The number of nitrogens with zero attached hydrogens (tertiary/aromatic N) is 3. The average Bonchev–Trinajstić information content (AvgIpc) is 2.90. The van der Waals surface area contributed by atoms with Gasteiger partial charge in [0.05, 0.1) is 27.6 Å². The van der Waals surface area contributed by atoms with Crippen LogP contribution < -0.4 is 4.90 Å². The zero-order valence-corrected chi connectivity index (χ0v) is 19.3. The Morgan fingerprint density at radius 2 is 1.61 bits per heavy atom. The largest absolute Gasteiger partial charge is 0.450 e. The van der Waals surface area contributed by atoms with Crippen LogP contribution >= 0.6 is 0 Å². The molecule has 0 radical (unpaired) electrons. The first kappa shape index (κ1) is 22.8. The van der Waals surface area contributed by atoms with E-state index < -0.39 is 21.8 Å². The lowest BCUT2D eigenvalue weighted by atomic mass is 10.1. The number of ether oxygens (including phenoxy) is 1. The van der Waals surface area contributed by atoms with Gasteiger partial charge in [-0.25, -0.2) is 13.2 Å². The highest BCUT2D eigenvalue weighted by molar-refractivity contribution is 7.91. The molecule has 1 fully saturated rings. The predicted molar refractivity (Wildman–Crippen MR) is 120 cm³/mol. The first-order chi connectivity index (χ1) is 15.8. The molecule has 2 aromatic rings. The average molecular weight is 472 g/mol. The highest BCUT2D eigenvalue weighted by atomic mass is 32.2. The number of carbonyl (C=O) groups is 3. The summed E-state index contributed by atoms with van der Waals surface area (Å²) in [6.07, 6.45) is -0.406. The fourth-order valence-electron chi connectivity index (χ4n) is 4.14. The number of rotatable bonds is 3. The van der Waals surface area contributed by atoms with Crippen molar-refractivity contribution in [2.75, 3.05) is 44.2 Å². The number of benzene rings is 2. The lowest BCUT2D eigenvalue weighted by Gasteiger charge is -2.34. The highest BCUT2D eigenvalue weighted by Crippen LogP contribution is 2.37. The zero-order chi connectivity index (χ0) is 23.8. The standard InChI is InChI=1S/C23H25N3O6S/c1-3-26-18-15-16(21(27)24-11-13-25(14-12-24)23(29)32-4-2)9-10-20(18)33(30,31)19-8-6-5-7-17(19)22(26)28/h5-10,15H,3-4,11-14H2,1-2H3. The van der Waals surface area contributed by atoms with Gasteiger partial charge in [-0.1, -0.05) is 12.1 Å². The second-order valence-electron chi connectivity index (χ2n) is 7.71. The molecule has 0 bridgehead atoms. The van der Waals surface area contributed by atoms with E-state index in [9.17, 15) is 22.8 Å². The summed E-state index contributed by atoms with van der Waals surface area (Å²) in [5.74, 6) is -0.716. The molecule has 0 saturated carbocycles.